The maximum Gasteiger partial charge on any atom is 0.335 e. The normalized spacial score (nSPS) is 10.1. The zero-order valence-electron chi connectivity index (χ0n) is 15.7. The summed E-state index contributed by atoms with van der Waals surface area (Å²) in [6, 6.07) is 27.5. The molecule has 4 aromatic rings. The van der Waals surface area contributed by atoms with Gasteiger partial charge in [-0.05, 0) is 35.4 Å². The summed E-state index contributed by atoms with van der Waals surface area (Å²) >= 11 is 3.23. The second-order valence-corrected chi connectivity index (χ2v) is 7.27. The lowest BCUT2D eigenvalue weighted by molar-refractivity contribution is 0.0696. The van der Waals surface area contributed by atoms with Crippen molar-refractivity contribution in [3.63, 3.8) is 0 Å². The summed E-state index contributed by atoms with van der Waals surface area (Å²) in [4.78, 5) is 10.6. The van der Waals surface area contributed by atoms with E-state index in [1.165, 1.54) is 18.2 Å². The van der Waals surface area contributed by atoms with Crippen molar-refractivity contribution in [2.24, 2.45) is 0 Å². The highest BCUT2D eigenvalue weighted by molar-refractivity contribution is 9.10. The monoisotopic (exact) mass is 466 g/mol. The molecule has 0 amide bonds. The summed E-state index contributed by atoms with van der Waals surface area (Å²) in [6.07, 6.45) is 0. The molecule has 0 heterocycles. The van der Waals surface area contributed by atoms with Crippen LogP contribution >= 0.6 is 15.9 Å². The molecule has 0 aromatic heterocycles. The number of hydrogen-bond acceptors (Lipinski definition) is 1. The molecule has 0 unspecified atom stereocenters. The molecule has 4 aromatic carbocycles. The van der Waals surface area contributed by atoms with Gasteiger partial charge in [0.1, 0.15) is 11.6 Å². The van der Waals surface area contributed by atoms with Crippen LogP contribution in [0.1, 0.15) is 10.4 Å². The Balaban J connectivity index is 0.000000172. The average Bonchev–Trinajstić information content (AvgIpc) is 2.75. The van der Waals surface area contributed by atoms with Crippen LogP contribution in [0.15, 0.2) is 102 Å². The second-order valence-electron chi connectivity index (χ2n) is 6.36. The van der Waals surface area contributed by atoms with Crippen molar-refractivity contribution in [3.8, 4) is 22.3 Å². The van der Waals surface area contributed by atoms with E-state index in [1.54, 1.807) is 30.3 Å². The minimum absolute atomic E-state index is 0.0443. The van der Waals surface area contributed by atoms with Gasteiger partial charge < -0.3 is 5.11 Å². The van der Waals surface area contributed by atoms with Crippen LogP contribution in [-0.4, -0.2) is 11.1 Å². The molecule has 0 spiro atoms. The van der Waals surface area contributed by atoms with E-state index >= 15 is 0 Å². The Morgan fingerprint density at radius 1 is 0.667 bits per heavy atom. The number of hydrogen-bond donors (Lipinski definition) is 1. The predicted octanol–water partition coefficient (Wildman–Crippen LogP) is 7.45. The zero-order valence-corrected chi connectivity index (χ0v) is 17.3. The van der Waals surface area contributed by atoms with E-state index in [4.69, 9.17) is 5.11 Å². The molecule has 5 heteroatoms. The number of benzene rings is 4. The van der Waals surface area contributed by atoms with Crippen molar-refractivity contribution in [2.45, 2.75) is 0 Å². The summed E-state index contributed by atoms with van der Waals surface area (Å²) in [5.41, 5.74) is 2.63. The maximum atomic E-state index is 13.6. The van der Waals surface area contributed by atoms with Crippen LogP contribution in [0.2, 0.25) is 0 Å². The Morgan fingerprint density at radius 2 is 1.13 bits per heavy atom. The minimum Gasteiger partial charge on any atom is -0.478 e. The Hall–Kier alpha value is -3.31. The van der Waals surface area contributed by atoms with Crippen molar-refractivity contribution >= 4 is 21.9 Å². The van der Waals surface area contributed by atoms with Crippen molar-refractivity contribution < 1.29 is 18.7 Å². The summed E-state index contributed by atoms with van der Waals surface area (Å²) < 4.78 is 27.9. The van der Waals surface area contributed by atoms with Gasteiger partial charge in [-0.25, -0.2) is 13.6 Å². The molecule has 0 saturated heterocycles. The quantitative estimate of drug-likeness (QED) is 0.340. The molecule has 0 bridgehead atoms. The van der Waals surface area contributed by atoms with Gasteiger partial charge in [-0.2, -0.15) is 0 Å². The summed E-state index contributed by atoms with van der Waals surface area (Å²) in [5.74, 6) is -1.85. The highest BCUT2D eigenvalue weighted by Gasteiger charge is 2.09. The minimum atomic E-state index is -1.13. The Morgan fingerprint density at radius 3 is 1.57 bits per heavy atom. The Labute approximate surface area is 181 Å². The highest BCUT2D eigenvalue weighted by Crippen LogP contribution is 2.25. The number of carbonyl (C=O) groups is 1. The van der Waals surface area contributed by atoms with Gasteiger partial charge >= 0.3 is 5.97 Å². The molecule has 0 fully saturated rings. The molecule has 0 aliphatic rings. The highest BCUT2D eigenvalue weighted by atomic mass is 79.9. The molecular formula is C25H17BrF2O2. The number of aromatic carboxylic acids is 1. The fraction of sp³-hybridized carbons (Fsp3) is 0. The molecule has 30 heavy (non-hydrogen) atoms. The largest absolute Gasteiger partial charge is 0.478 e. The van der Waals surface area contributed by atoms with Crippen LogP contribution in [0, 0.1) is 11.6 Å². The first-order valence-corrected chi connectivity index (χ1v) is 9.84. The standard InChI is InChI=1S/C13H9FO2.C12H8BrF/c14-12-8-10(13(15)16)6-7-11(12)9-4-2-1-3-5-9;13-10-6-7-11(12(14)8-10)9-4-2-1-3-5-9/h1-8H,(H,15,16);1-8H. The number of halogens is 3. The van der Waals surface area contributed by atoms with Crippen molar-refractivity contribution in [1.82, 2.24) is 0 Å². The van der Waals surface area contributed by atoms with E-state index in [0.717, 1.165) is 21.7 Å². The third-order valence-corrected chi connectivity index (χ3v) is 4.81. The van der Waals surface area contributed by atoms with Gasteiger partial charge in [0.05, 0.1) is 5.56 Å². The summed E-state index contributed by atoms with van der Waals surface area (Å²) in [7, 11) is 0. The number of rotatable bonds is 3. The van der Waals surface area contributed by atoms with Crippen LogP contribution in [0.25, 0.3) is 22.3 Å². The van der Waals surface area contributed by atoms with Crippen molar-refractivity contribution in [2.75, 3.05) is 0 Å². The maximum absolute atomic E-state index is 13.6. The van der Waals surface area contributed by atoms with Crippen LogP contribution in [0.3, 0.4) is 0 Å². The second kappa shape index (κ2) is 9.94. The predicted molar refractivity (Wildman–Crippen MR) is 118 cm³/mol. The fourth-order valence-electron chi connectivity index (χ4n) is 2.84. The molecule has 2 nitrogen and oxygen atoms in total. The topological polar surface area (TPSA) is 37.3 Å². The van der Waals surface area contributed by atoms with E-state index in [1.807, 2.05) is 42.5 Å². The van der Waals surface area contributed by atoms with E-state index < -0.39 is 11.8 Å². The molecule has 1 N–H and O–H groups in total. The van der Waals surface area contributed by atoms with Gasteiger partial charge in [0.2, 0.25) is 0 Å². The first-order valence-electron chi connectivity index (χ1n) is 9.04. The first-order chi connectivity index (χ1) is 14.5. The number of carboxylic acid groups (broad SMARTS) is 1. The molecule has 0 aliphatic heterocycles. The van der Waals surface area contributed by atoms with Crippen LogP contribution in [-0.2, 0) is 0 Å². The first kappa shape index (κ1) is 21.4. The molecule has 0 aliphatic carbocycles. The van der Waals surface area contributed by atoms with E-state index in [-0.39, 0.29) is 11.4 Å². The Kier molecular flexibility index (Phi) is 7.09. The lowest BCUT2D eigenvalue weighted by atomic mass is 10.0. The van der Waals surface area contributed by atoms with Crippen molar-refractivity contribution in [1.29, 1.82) is 0 Å². The van der Waals surface area contributed by atoms with E-state index in [0.29, 0.717) is 11.1 Å². The van der Waals surface area contributed by atoms with Gasteiger partial charge in [0, 0.05) is 15.6 Å². The van der Waals surface area contributed by atoms with Gasteiger partial charge in [-0.15, -0.1) is 0 Å². The third kappa shape index (κ3) is 5.39. The van der Waals surface area contributed by atoms with Crippen LogP contribution in [0.5, 0.6) is 0 Å². The van der Waals surface area contributed by atoms with Gasteiger partial charge in [-0.3, -0.25) is 0 Å². The lowest BCUT2D eigenvalue weighted by Crippen LogP contribution is -1.97. The zero-order chi connectivity index (χ0) is 21.5. The summed E-state index contributed by atoms with van der Waals surface area (Å²) in [5, 5.41) is 8.70. The molecule has 150 valence electrons. The lowest BCUT2D eigenvalue weighted by Gasteiger charge is -2.03. The van der Waals surface area contributed by atoms with Gasteiger partial charge in [0.25, 0.3) is 0 Å². The molecule has 0 radical (unpaired) electrons. The van der Waals surface area contributed by atoms with Gasteiger partial charge in [-0.1, -0.05) is 88.7 Å². The average molecular weight is 467 g/mol. The smallest absolute Gasteiger partial charge is 0.335 e. The van der Waals surface area contributed by atoms with Crippen LogP contribution < -0.4 is 0 Å². The molecule has 4 rings (SSSR count). The van der Waals surface area contributed by atoms with E-state index in [9.17, 15) is 13.6 Å². The van der Waals surface area contributed by atoms with Crippen LogP contribution in [0.4, 0.5) is 8.78 Å². The molecule has 0 saturated carbocycles. The molecular weight excluding hydrogens is 450 g/mol. The molecule has 0 atom stereocenters. The fourth-order valence-corrected chi connectivity index (χ4v) is 3.17. The SMILES string of the molecule is Fc1cc(Br)ccc1-c1ccccc1.O=C(O)c1ccc(-c2ccccc2)c(F)c1. The van der Waals surface area contributed by atoms with Crippen molar-refractivity contribution in [3.05, 3.63) is 119 Å². The third-order valence-electron chi connectivity index (χ3n) is 4.32. The van der Waals surface area contributed by atoms with Gasteiger partial charge in [0.15, 0.2) is 0 Å². The Bertz CT molecular complexity index is 1150. The summed E-state index contributed by atoms with van der Waals surface area (Å²) in [6.45, 7) is 0. The van der Waals surface area contributed by atoms with E-state index in [2.05, 4.69) is 15.9 Å². The number of carboxylic acids is 1.